The zero-order valence-corrected chi connectivity index (χ0v) is 53.0. The van der Waals surface area contributed by atoms with E-state index < -0.39 is 94.6 Å². The van der Waals surface area contributed by atoms with Gasteiger partial charge in [0.05, 0.1) is 5.39 Å². The second-order valence-electron chi connectivity index (χ2n) is 19.0. The lowest BCUT2D eigenvalue weighted by Gasteiger charge is -2.20. The van der Waals surface area contributed by atoms with Crippen LogP contribution in [0.4, 0.5) is 0 Å². The van der Waals surface area contributed by atoms with Gasteiger partial charge < -0.3 is 24.0 Å². The third-order valence-corrected chi connectivity index (χ3v) is 18.9. The van der Waals surface area contributed by atoms with Gasteiger partial charge in [-0.2, -0.15) is 33.7 Å². The van der Waals surface area contributed by atoms with Crippen LogP contribution in [0, 0.1) is 0 Å². The van der Waals surface area contributed by atoms with Crippen molar-refractivity contribution in [2.45, 2.75) is 19.6 Å². The summed E-state index contributed by atoms with van der Waals surface area (Å²) in [7, 11) is -20.5. The summed E-state index contributed by atoms with van der Waals surface area (Å²) in [4.78, 5) is 36.9. The van der Waals surface area contributed by atoms with Gasteiger partial charge in [-0.25, -0.2) is 29.9 Å². The number of hydrogen-bond acceptors (Lipinski definition) is 18. The summed E-state index contributed by atoms with van der Waals surface area (Å²) in [6.45, 7) is 0. The molecule has 88 heavy (non-hydrogen) atoms. The van der Waals surface area contributed by atoms with Gasteiger partial charge in [0, 0.05) is 56.3 Å². The highest BCUT2D eigenvalue weighted by atomic mass is 79.9. The molecule has 32 heteroatoms. The van der Waals surface area contributed by atoms with Crippen LogP contribution >= 0.6 is 63.7 Å². The van der Waals surface area contributed by atoms with E-state index in [-0.39, 0.29) is 75.8 Å². The Labute approximate surface area is 529 Å². The van der Waals surface area contributed by atoms with Gasteiger partial charge in [0.2, 0.25) is 5.75 Å². The van der Waals surface area contributed by atoms with Crippen LogP contribution in [0.15, 0.2) is 189 Å². The average Bonchev–Trinajstić information content (AvgIpc) is 1.64. The Morgan fingerprint density at radius 2 is 0.716 bits per heavy atom. The SMILES string of the molecule is O=S(=O)(O)c1cc(Br)ccc1Oc1cc2c3nc4nc(nc5c6ccccc6c(nc6nc(nc([nH]3)c2c(Oc2ccc(Br)cc2S(=O)(=O)O)c1Oc1ccc(Br)cc1S(=O)(=O)O)-c1ccccc1-6)n5Oc1ccc(Br)cc1S(=O)(=O)O)-c1ccccc1-4. The number of hydrogen-bond donors (Lipinski definition) is 5. The molecular formula is C56H30Br4N8O16S4. The van der Waals surface area contributed by atoms with Crippen molar-refractivity contribution in [1.29, 1.82) is 0 Å². The van der Waals surface area contributed by atoms with Crippen molar-refractivity contribution < 1.29 is 70.9 Å². The summed E-state index contributed by atoms with van der Waals surface area (Å²) >= 11 is 12.9. The molecule has 0 saturated carbocycles. The molecule has 0 fully saturated rings. The van der Waals surface area contributed by atoms with Gasteiger partial charge in [-0.3, -0.25) is 18.2 Å². The number of fused-ring (bicyclic) bond motifs is 20. The van der Waals surface area contributed by atoms with E-state index in [9.17, 15) is 51.9 Å². The molecule has 24 nitrogen and oxygen atoms in total. The number of rotatable bonds is 12. The largest absolute Gasteiger partial charge is 0.452 e. The van der Waals surface area contributed by atoms with Crippen LogP contribution in [-0.4, -0.2) is 91.5 Å². The minimum Gasteiger partial charge on any atom is -0.452 e. The summed E-state index contributed by atoms with van der Waals surface area (Å²) in [5.41, 5.74) is 1.23. The second kappa shape index (κ2) is 21.9. The minimum atomic E-state index is -5.20. The number of ether oxygens (including phenoxy) is 3. The van der Waals surface area contributed by atoms with Gasteiger partial charge >= 0.3 is 0 Å². The Kier molecular flexibility index (Phi) is 14.6. The molecule has 13 rings (SSSR count). The smallest absolute Gasteiger partial charge is 0.298 e. The van der Waals surface area contributed by atoms with Gasteiger partial charge in [-0.15, -0.1) is 4.73 Å². The van der Waals surface area contributed by atoms with E-state index in [2.05, 4.69) is 68.7 Å². The fraction of sp³-hybridized carbons (Fsp3) is 0. The normalized spacial score (nSPS) is 12.5. The van der Waals surface area contributed by atoms with E-state index in [0.717, 1.165) is 42.5 Å². The second-order valence-corrected chi connectivity index (χ2v) is 28.2. The van der Waals surface area contributed by atoms with E-state index in [1.165, 1.54) is 41.1 Å². The summed E-state index contributed by atoms with van der Waals surface area (Å²) < 4.78 is 169. The Bertz CT molecular complexity index is 5570. The lowest BCUT2D eigenvalue weighted by molar-refractivity contribution is 0.230. The van der Waals surface area contributed by atoms with E-state index in [0.29, 0.717) is 37.5 Å². The van der Waals surface area contributed by atoms with Crippen molar-refractivity contribution in [3.63, 3.8) is 0 Å². The molecule has 5 heterocycles. The van der Waals surface area contributed by atoms with Gasteiger partial charge in [-0.05, 0) is 78.9 Å². The fourth-order valence-electron chi connectivity index (χ4n) is 9.65. The van der Waals surface area contributed by atoms with E-state index >= 15 is 0 Å². The van der Waals surface area contributed by atoms with Crippen LogP contribution in [0.2, 0.25) is 0 Å². The quantitative estimate of drug-likeness (QED) is 0.0709. The highest BCUT2D eigenvalue weighted by Gasteiger charge is 2.32. The summed E-state index contributed by atoms with van der Waals surface area (Å²) in [5.74, 6) is -4.00. The topological polar surface area (TPSA) is 352 Å². The van der Waals surface area contributed by atoms with Crippen LogP contribution in [-0.2, 0) is 40.5 Å². The first kappa shape index (κ1) is 58.9. The third-order valence-electron chi connectivity index (χ3n) is 13.4. The molecule has 442 valence electrons. The van der Waals surface area contributed by atoms with Gasteiger partial charge in [-0.1, -0.05) is 137 Å². The zero-order valence-electron chi connectivity index (χ0n) is 43.4. The summed E-state index contributed by atoms with van der Waals surface area (Å²) in [6.07, 6.45) is 0. The molecule has 0 aliphatic carbocycles. The monoisotopic (exact) mass is 1510 g/mol. The lowest BCUT2D eigenvalue weighted by atomic mass is 10.1. The number of nitrogens with one attached hydrogen (secondary N) is 1. The average molecular weight is 1520 g/mol. The zero-order chi connectivity index (χ0) is 61.9. The Morgan fingerprint density at radius 3 is 1.14 bits per heavy atom. The summed E-state index contributed by atoms with van der Waals surface area (Å²) in [5, 5.41) is 0.605. The standard InChI is InChI=1S/C56H30Br4N8O16S4/c57-26-13-17-37(42(21-26)85(69,70)71)81-41-25-36-46(48(83-39-19-15-28(59)23-44(39)87(75,76)77)47(41)82-38-18-14-27(58)22-43(38)86(72,73)74)54-64-50-31-8-2-4-10-33(31)52(62-50)67-56-35-12-6-5-11-34(35)55(68(56)84-40-20-16-29(60)24-45(40)88(78,79)80)66-51-32-9-3-1-7-30(32)49(61-51)63-53(36)65-54/h1-25H,(H,69,70,71)(H,72,73,74)(H,75,76,77)(H,78,79,80)(H,61,62,63,64,65,66,67). The molecule has 11 aromatic rings. The molecule has 0 atom stereocenters. The molecule has 3 aromatic heterocycles. The first-order valence-corrected chi connectivity index (χ1v) is 33.8. The predicted molar refractivity (Wildman–Crippen MR) is 332 cm³/mol. The Balaban J connectivity index is 1.23. The maximum Gasteiger partial charge on any atom is 0.298 e. The first-order chi connectivity index (χ1) is 41.7. The molecule has 0 spiro atoms. The van der Waals surface area contributed by atoms with Crippen LogP contribution in [0.5, 0.6) is 40.2 Å². The highest BCUT2D eigenvalue weighted by molar-refractivity contribution is 9.11. The molecule has 0 saturated heterocycles. The molecular weight excluding hydrogens is 1490 g/mol. The van der Waals surface area contributed by atoms with Crippen molar-refractivity contribution in [2.75, 3.05) is 0 Å². The fourth-order valence-corrected chi connectivity index (χ4v) is 14.3. The lowest BCUT2D eigenvalue weighted by Crippen LogP contribution is -2.10. The van der Waals surface area contributed by atoms with Crippen LogP contribution in [0.25, 0.3) is 89.7 Å². The number of aromatic nitrogens is 8. The number of halogens is 4. The molecule has 8 aromatic carbocycles. The summed E-state index contributed by atoms with van der Waals surface area (Å²) in [6, 6.07) is 36.3. The number of aromatic amines is 1. The highest BCUT2D eigenvalue weighted by Crippen LogP contribution is 2.53. The Hall–Kier alpha value is -8.12. The van der Waals surface area contributed by atoms with Crippen molar-refractivity contribution >= 4 is 148 Å². The Morgan fingerprint density at radius 1 is 0.364 bits per heavy atom. The maximum atomic E-state index is 13.3. The molecule has 0 amide bonds. The van der Waals surface area contributed by atoms with E-state index in [1.54, 1.807) is 72.8 Å². The van der Waals surface area contributed by atoms with Crippen molar-refractivity contribution in [3.05, 3.63) is 170 Å². The van der Waals surface area contributed by atoms with Crippen LogP contribution in [0.1, 0.15) is 0 Å². The molecule has 2 aliphatic rings. The van der Waals surface area contributed by atoms with E-state index in [4.69, 9.17) is 49.0 Å². The maximum absolute atomic E-state index is 13.3. The minimum absolute atomic E-state index is 0.00723. The van der Waals surface area contributed by atoms with Gasteiger partial charge in [0.25, 0.3) is 40.5 Å². The number of benzene rings is 8. The molecule has 5 N–H and O–H groups in total. The van der Waals surface area contributed by atoms with Gasteiger partial charge in [0.1, 0.15) is 48.1 Å². The van der Waals surface area contributed by atoms with E-state index in [1.807, 2.05) is 0 Å². The van der Waals surface area contributed by atoms with Crippen LogP contribution < -0.4 is 19.0 Å². The molecule has 8 bridgehead atoms. The first-order valence-electron chi connectivity index (χ1n) is 24.9. The number of nitrogens with zero attached hydrogens (tertiary/aromatic N) is 7. The molecule has 0 unspecified atom stereocenters. The van der Waals surface area contributed by atoms with Crippen LogP contribution in [0.3, 0.4) is 0 Å². The third kappa shape index (κ3) is 11.0. The van der Waals surface area contributed by atoms with Crippen molar-refractivity contribution in [3.8, 4) is 85.8 Å². The molecule has 0 radical (unpaired) electrons. The predicted octanol–water partition coefficient (Wildman–Crippen LogP) is 13.6. The van der Waals surface area contributed by atoms with Crippen molar-refractivity contribution in [1.82, 2.24) is 39.6 Å². The molecule has 2 aliphatic heterocycles. The van der Waals surface area contributed by atoms with Gasteiger partial charge in [0.15, 0.2) is 51.8 Å². The number of H-pyrrole nitrogens is 1. The van der Waals surface area contributed by atoms with Crippen molar-refractivity contribution in [2.24, 2.45) is 0 Å².